The fourth-order valence-corrected chi connectivity index (χ4v) is 1.48. The monoisotopic (exact) mass is 219 g/mol. The number of nitrogens with zero attached hydrogens (tertiary/aromatic N) is 1. The van der Waals surface area contributed by atoms with E-state index in [0.29, 0.717) is 0 Å². The number of hydrogen-bond donors (Lipinski definition) is 0. The van der Waals surface area contributed by atoms with E-state index in [0.717, 1.165) is 20.9 Å². The van der Waals surface area contributed by atoms with Gasteiger partial charge in [0.2, 0.25) is 0 Å². The largest absolute Gasteiger partial charge is 0.245 e. The topological polar surface area (TPSA) is 12.9 Å². The van der Waals surface area contributed by atoms with Crippen LogP contribution in [-0.4, -0.2) is 4.98 Å². The summed E-state index contributed by atoms with van der Waals surface area (Å²) in [6.45, 7) is 3.85. The second kappa shape index (κ2) is 2.89. The number of aryl methyl sites for hydroxylation is 2. The average Bonchev–Trinajstić information content (AvgIpc) is 1.82. The normalized spacial score (nSPS) is 10.0. The molecular weight excluding hydrogens is 213 g/mol. The molecule has 10 heavy (non-hydrogen) atoms. The molecule has 0 atom stereocenters. The second-order valence-corrected chi connectivity index (χ2v) is 3.35. The van der Waals surface area contributed by atoms with Crippen molar-refractivity contribution in [2.45, 2.75) is 13.8 Å². The molecule has 1 nitrogen and oxygen atoms in total. The highest BCUT2D eigenvalue weighted by Gasteiger charge is 2.00. The Kier molecular flexibility index (Phi) is 2.32. The summed E-state index contributed by atoms with van der Waals surface area (Å²) in [6.07, 6.45) is 0. The first-order valence-electron chi connectivity index (χ1n) is 2.90. The molecule has 0 unspecified atom stereocenters. The molecule has 0 saturated carbocycles. The first kappa shape index (κ1) is 8.02. The van der Waals surface area contributed by atoms with E-state index in [1.54, 1.807) is 0 Å². The van der Waals surface area contributed by atoms with Crippen LogP contribution in [0.25, 0.3) is 0 Å². The van der Waals surface area contributed by atoms with Gasteiger partial charge in [-0.2, -0.15) is 0 Å². The van der Waals surface area contributed by atoms with Gasteiger partial charge in [0.1, 0.15) is 4.60 Å². The minimum Gasteiger partial charge on any atom is -0.245 e. The van der Waals surface area contributed by atoms with Crippen molar-refractivity contribution in [2.24, 2.45) is 0 Å². The number of hydrogen-bond acceptors (Lipinski definition) is 1. The first-order chi connectivity index (χ1) is 4.61. The van der Waals surface area contributed by atoms with Gasteiger partial charge in [0.05, 0.1) is 10.7 Å². The Hall–Kier alpha value is -0.0800. The SMILES string of the molecule is Cc1cc(Br)nc(C)c1Cl. The Bertz CT molecular complexity index is 237. The van der Waals surface area contributed by atoms with Gasteiger partial charge in [-0.05, 0) is 41.4 Å². The molecule has 0 aliphatic heterocycles. The number of rotatable bonds is 0. The van der Waals surface area contributed by atoms with Crippen molar-refractivity contribution in [1.29, 1.82) is 0 Å². The Balaban J connectivity index is 3.31. The van der Waals surface area contributed by atoms with Crippen LogP contribution in [0, 0.1) is 13.8 Å². The molecule has 1 heterocycles. The predicted octanol–water partition coefficient (Wildman–Crippen LogP) is 3.11. The van der Waals surface area contributed by atoms with E-state index in [-0.39, 0.29) is 0 Å². The molecule has 0 N–H and O–H groups in total. The fraction of sp³-hybridized carbons (Fsp3) is 0.286. The molecule has 0 spiro atoms. The van der Waals surface area contributed by atoms with E-state index in [2.05, 4.69) is 20.9 Å². The molecule has 0 aliphatic carbocycles. The molecule has 3 heteroatoms. The zero-order chi connectivity index (χ0) is 7.72. The van der Waals surface area contributed by atoms with Gasteiger partial charge in [0, 0.05) is 0 Å². The Labute approximate surface area is 73.6 Å². The third kappa shape index (κ3) is 1.50. The van der Waals surface area contributed by atoms with Gasteiger partial charge < -0.3 is 0 Å². The molecular formula is C7H7BrClN. The maximum absolute atomic E-state index is 5.87. The van der Waals surface area contributed by atoms with Crippen LogP contribution in [-0.2, 0) is 0 Å². The summed E-state index contributed by atoms with van der Waals surface area (Å²) < 4.78 is 0.840. The van der Waals surface area contributed by atoms with E-state index in [1.165, 1.54) is 0 Å². The van der Waals surface area contributed by atoms with Gasteiger partial charge in [0.15, 0.2) is 0 Å². The molecule has 0 radical (unpaired) electrons. The maximum atomic E-state index is 5.87. The Morgan fingerprint density at radius 1 is 1.50 bits per heavy atom. The van der Waals surface area contributed by atoms with E-state index >= 15 is 0 Å². The van der Waals surface area contributed by atoms with Crippen LogP contribution >= 0.6 is 27.5 Å². The van der Waals surface area contributed by atoms with Crippen LogP contribution < -0.4 is 0 Å². The van der Waals surface area contributed by atoms with Crippen LogP contribution in [0.15, 0.2) is 10.7 Å². The predicted molar refractivity (Wildman–Crippen MR) is 46.4 cm³/mol. The molecule has 54 valence electrons. The van der Waals surface area contributed by atoms with Crippen molar-refractivity contribution < 1.29 is 0 Å². The summed E-state index contributed by atoms with van der Waals surface area (Å²) >= 11 is 9.14. The van der Waals surface area contributed by atoms with Gasteiger partial charge in [0.25, 0.3) is 0 Å². The maximum Gasteiger partial charge on any atom is 0.106 e. The highest BCUT2D eigenvalue weighted by Crippen LogP contribution is 2.21. The van der Waals surface area contributed by atoms with Gasteiger partial charge in [-0.1, -0.05) is 11.6 Å². The van der Waals surface area contributed by atoms with Crippen LogP contribution in [0.1, 0.15) is 11.3 Å². The molecule has 0 saturated heterocycles. The zero-order valence-electron chi connectivity index (χ0n) is 5.78. The molecule has 0 amide bonds. The molecule has 0 bridgehead atoms. The lowest BCUT2D eigenvalue weighted by Crippen LogP contribution is -1.86. The van der Waals surface area contributed by atoms with Gasteiger partial charge in [-0.3, -0.25) is 0 Å². The van der Waals surface area contributed by atoms with E-state index in [9.17, 15) is 0 Å². The lowest BCUT2D eigenvalue weighted by Gasteiger charge is -2.00. The van der Waals surface area contributed by atoms with Gasteiger partial charge in [-0.15, -0.1) is 0 Å². The lowest BCUT2D eigenvalue weighted by molar-refractivity contribution is 1.14. The highest BCUT2D eigenvalue weighted by molar-refractivity contribution is 9.10. The van der Waals surface area contributed by atoms with E-state index < -0.39 is 0 Å². The summed E-state index contributed by atoms with van der Waals surface area (Å²) in [7, 11) is 0. The summed E-state index contributed by atoms with van der Waals surface area (Å²) in [4.78, 5) is 4.12. The number of halogens is 2. The van der Waals surface area contributed by atoms with Crippen LogP contribution in [0.3, 0.4) is 0 Å². The Morgan fingerprint density at radius 2 is 2.10 bits per heavy atom. The number of aromatic nitrogens is 1. The summed E-state index contributed by atoms with van der Waals surface area (Å²) in [5.41, 5.74) is 1.93. The second-order valence-electron chi connectivity index (χ2n) is 2.16. The number of pyridine rings is 1. The first-order valence-corrected chi connectivity index (χ1v) is 4.07. The van der Waals surface area contributed by atoms with Crippen LogP contribution in [0.4, 0.5) is 0 Å². The van der Waals surface area contributed by atoms with Crippen molar-refractivity contribution in [2.75, 3.05) is 0 Å². The van der Waals surface area contributed by atoms with Crippen LogP contribution in [0.5, 0.6) is 0 Å². The minimum absolute atomic E-state index is 0.753. The third-order valence-corrected chi connectivity index (χ3v) is 2.25. The Morgan fingerprint density at radius 3 is 2.60 bits per heavy atom. The van der Waals surface area contributed by atoms with Crippen molar-refractivity contribution in [1.82, 2.24) is 4.98 Å². The quantitative estimate of drug-likeness (QED) is 0.612. The van der Waals surface area contributed by atoms with Crippen molar-refractivity contribution in [3.8, 4) is 0 Å². The zero-order valence-corrected chi connectivity index (χ0v) is 8.12. The van der Waals surface area contributed by atoms with Crippen LogP contribution in [0.2, 0.25) is 5.02 Å². The standard InChI is InChI=1S/C7H7BrClN/c1-4-3-6(8)10-5(2)7(4)9/h3H,1-2H3. The molecule has 0 aromatic carbocycles. The van der Waals surface area contributed by atoms with Gasteiger partial charge in [-0.25, -0.2) is 4.98 Å². The molecule has 1 aromatic rings. The highest BCUT2D eigenvalue weighted by atomic mass is 79.9. The lowest BCUT2D eigenvalue weighted by atomic mass is 10.2. The third-order valence-electron chi connectivity index (χ3n) is 1.27. The molecule has 0 fully saturated rings. The minimum atomic E-state index is 0.753. The van der Waals surface area contributed by atoms with E-state index in [1.807, 2.05) is 19.9 Å². The average molecular weight is 220 g/mol. The summed E-state index contributed by atoms with van der Waals surface area (Å²) in [5, 5.41) is 0.753. The van der Waals surface area contributed by atoms with Crippen molar-refractivity contribution >= 4 is 27.5 Å². The summed E-state index contributed by atoms with van der Waals surface area (Å²) in [5.74, 6) is 0. The molecule has 1 rings (SSSR count). The molecule has 0 aliphatic rings. The fourth-order valence-electron chi connectivity index (χ4n) is 0.769. The molecule has 1 aromatic heterocycles. The summed E-state index contributed by atoms with van der Waals surface area (Å²) in [6, 6.07) is 1.90. The van der Waals surface area contributed by atoms with Crippen molar-refractivity contribution in [3.05, 3.63) is 26.9 Å². The van der Waals surface area contributed by atoms with E-state index in [4.69, 9.17) is 11.6 Å². The smallest absolute Gasteiger partial charge is 0.106 e. The van der Waals surface area contributed by atoms with Gasteiger partial charge >= 0.3 is 0 Å². The van der Waals surface area contributed by atoms with Crippen molar-refractivity contribution in [3.63, 3.8) is 0 Å².